The van der Waals surface area contributed by atoms with E-state index in [1.807, 2.05) is 6.92 Å². The molecule has 3 fully saturated rings. The number of hydrogen-bond acceptors (Lipinski definition) is 3. The van der Waals surface area contributed by atoms with Gasteiger partial charge in [-0.15, -0.1) is 12.4 Å². The molecule has 0 aromatic heterocycles. The number of nitrogens with two attached hydrogens (primary N) is 1. The van der Waals surface area contributed by atoms with Gasteiger partial charge in [-0.05, 0) is 56.8 Å². The Morgan fingerprint density at radius 1 is 1.22 bits per heavy atom. The maximum absolute atomic E-state index is 11.6. The Labute approximate surface area is 116 Å². The minimum Gasteiger partial charge on any atom is -0.466 e. The fraction of sp³-hybridized carbons (Fsp3) is 0.929. The van der Waals surface area contributed by atoms with Crippen molar-refractivity contribution >= 4 is 18.4 Å². The second-order valence-electron chi connectivity index (χ2n) is 6.13. The first-order valence-corrected chi connectivity index (χ1v) is 6.94. The predicted octanol–water partition coefficient (Wildman–Crippen LogP) is 3.05. The number of ether oxygens (including phenoxy) is 1. The molecule has 0 aliphatic heterocycles. The average molecular weight is 276 g/mol. The summed E-state index contributed by atoms with van der Waals surface area (Å²) in [5, 5.41) is 0. The van der Waals surface area contributed by atoms with Crippen LogP contribution in [-0.2, 0) is 9.53 Å². The Kier molecular flexibility index (Phi) is 5.07. The molecule has 3 aliphatic rings. The number of esters is 1. The Morgan fingerprint density at radius 2 is 1.72 bits per heavy atom. The zero-order valence-electron chi connectivity index (χ0n) is 11.5. The molecule has 0 heterocycles. The van der Waals surface area contributed by atoms with Crippen molar-refractivity contribution < 1.29 is 9.53 Å². The molecule has 106 valence electrons. The van der Waals surface area contributed by atoms with E-state index in [2.05, 4.69) is 6.92 Å². The van der Waals surface area contributed by atoms with Crippen molar-refractivity contribution in [3.63, 3.8) is 0 Å². The van der Waals surface area contributed by atoms with E-state index in [9.17, 15) is 4.79 Å². The number of fused-ring (bicyclic) bond motifs is 3. The molecule has 3 saturated carbocycles. The molecule has 0 aromatic carbocycles. The highest BCUT2D eigenvalue weighted by Gasteiger charge is 2.49. The standard InChI is InChI=1S/C14H25NO2.ClH/c1-3-17-12(16)10-11(2)13-4-7-14(15,8-5-13)9-6-13;/h11H,3-10,15H2,1-2H3;1H/t11-,13?,14?;/m0./s1. The van der Waals surface area contributed by atoms with Crippen LogP contribution in [0.2, 0.25) is 0 Å². The van der Waals surface area contributed by atoms with Crippen LogP contribution in [-0.4, -0.2) is 18.1 Å². The second kappa shape index (κ2) is 5.79. The van der Waals surface area contributed by atoms with Crippen molar-refractivity contribution in [1.82, 2.24) is 0 Å². The molecule has 2 N–H and O–H groups in total. The van der Waals surface area contributed by atoms with Crippen molar-refractivity contribution in [1.29, 1.82) is 0 Å². The summed E-state index contributed by atoms with van der Waals surface area (Å²) in [5.41, 5.74) is 6.80. The first-order valence-electron chi connectivity index (χ1n) is 6.94. The minimum absolute atomic E-state index is 0. The lowest BCUT2D eigenvalue weighted by molar-refractivity contribution is -0.146. The Morgan fingerprint density at radius 3 is 2.17 bits per heavy atom. The van der Waals surface area contributed by atoms with E-state index in [0.29, 0.717) is 24.4 Å². The Balaban J connectivity index is 0.00000162. The molecule has 4 heteroatoms. The van der Waals surface area contributed by atoms with Gasteiger partial charge in [0, 0.05) is 12.0 Å². The molecule has 0 unspecified atom stereocenters. The molecular weight excluding hydrogens is 250 g/mol. The van der Waals surface area contributed by atoms with Gasteiger partial charge in [-0.2, -0.15) is 0 Å². The van der Waals surface area contributed by atoms with Crippen LogP contribution in [0.5, 0.6) is 0 Å². The lowest BCUT2D eigenvalue weighted by atomic mass is 9.53. The van der Waals surface area contributed by atoms with Crippen molar-refractivity contribution in [2.45, 2.75) is 64.3 Å². The van der Waals surface area contributed by atoms with Crippen molar-refractivity contribution in [3.05, 3.63) is 0 Å². The van der Waals surface area contributed by atoms with E-state index in [1.54, 1.807) is 0 Å². The van der Waals surface area contributed by atoms with Crippen LogP contribution in [0.1, 0.15) is 58.8 Å². The number of halogens is 1. The average Bonchev–Trinajstić information content (AvgIpc) is 2.30. The summed E-state index contributed by atoms with van der Waals surface area (Å²) in [4.78, 5) is 11.6. The predicted molar refractivity (Wildman–Crippen MR) is 74.7 cm³/mol. The van der Waals surface area contributed by atoms with Crippen LogP contribution in [0.15, 0.2) is 0 Å². The van der Waals surface area contributed by atoms with Gasteiger partial charge in [0.15, 0.2) is 0 Å². The maximum atomic E-state index is 11.6. The molecular formula is C14H26ClNO2. The molecule has 3 nitrogen and oxygen atoms in total. The number of carbonyl (C=O) groups is 1. The third-order valence-corrected chi connectivity index (χ3v) is 5.19. The summed E-state index contributed by atoms with van der Waals surface area (Å²) in [6.45, 7) is 4.57. The first kappa shape index (κ1) is 15.8. The van der Waals surface area contributed by atoms with Gasteiger partial charge in [-0.3, -0.25) is 4.79 Å². The van der Waals surface area contributed by atoms with Crippen LogP contribution in [0.3, 0.4) is 0 Å². The van der Waals surface area contributed by atoms with Crippen LogP contribution < -0.4 is 5.73 Å². The molecule has 0 amide bonds. The molecule has 0 aromatic rings. The first-order chi connectivity index (χ1) is 8.00. The zero-order chi connectivity index (χ0) is 12.5. The van der Waals surface area contributed by atoms with Gasteiger partial charge in [0.05, 0.1) is 6.61 Å². The maximum Gasteiger partial charge on any atom is 0.306 e. The van der Waals surface area contributed by atoms with Crippen molar-refractivity contribution in [2.24, 2.45) is 17.1 Å². The molecule has 18 heavy (non-hydrogen) atoms. The number of hydrogen-bond donors (Lipinski definition) is 1. The van der Waals surface area contributed by atoms with Gasteiger partial charge in [-0.1, -0.05) is 6.92 Å². The largest absolute Gasteiger partial charge is 0.466 e. The molecule has 0 saturated heterocycles. The molecule has 2 bridgehead atoms. The summed E-state index contributed by atoms with van der Waals surface area (Å²) in [5.74, 6) is 0.399. The van der Waals surface area contributed by atoms with E-state index in [1.165, 1.54) is 19.3 Å². The van der Waals surface area contributed by atoms with E-state index in [4.69, 9.17) is 10.5 Å². The smallest absolute Gasteiger partial charge is 0.306 e. The van der Waals surface area contributed by atoms with Crippen LogP contribution in [0.25, 0.3) is 0 Å². The summed E-state index contributed by atoms with van der Waals surface area (Å²) in [7, 11) is 0. The third-order valence-electron chi connectivity index (χ3n) is 5.19. The lowest BCUT2D eigenvalue weighted by Crippen LogP contribution is -2.53. The monoisotopic (exact) mass is 275 g/mol. The van der Waals surface area contributed by atoms with Gasteiger partial charge in [0.1, 0.15) is 0 Å². The van der Waals surface area contributed by atoms with E-state index in [-0.39, 0.29) is 23.9 Å². The molecule has 3 aliphatic carbocycles. The van der Waals surface area contributed by atoms with E-state index >= 15 is 0 Å². The van der Waals surface area contributed by atoms with Gasteiger partial charge in [0.2, 0.25) is 0 Å². The fourth-order valence-corrected chi connectivity index (χ4v) is 3.67. The molecule has 0 radical (unpaired) electrons. The number of carbonyl (C=O) groups excluding carboxylic acids is 1. The van der Waals surface area contributed by atoms with E-state index in [0.717, 1.165) is 19.3 Å². The van der Waals surface area contributed by atoms with Gasteiger partial charge < -0.3 is 10.5 Å². The highest BCUT2D eigenvalue weighted by atomic mass is 35.5. The Hall–Kier alpha value is -0.280. The van der Waals surface area contributed by atoms with Crippen LogP contribution in [0, 0.1) is 11.3 Å². The minimum atomic E-state index is -0.0375. The SMILES string of the molecule is CCOC(=O)C[C@H](C)C12CCC(N)(CC1)CC2.Cl. The highest BCUT2D eigenvalue weighted by molar-refractivity contribution is 5.85. The molecule has 0 spiro atoms. The number of rotatable bonds is 4. The fourth-order valence-electron chi connectivity index (χ4n) is 3.67. The summed E-state index contributed by atoms with van der Waals surface area (Å²) in [6.07, 6.45) is 7.59. The van der Waals surface area contributed by atoms with E-state index < -0.39 is 0 Å². The summed E-state index contributed by atoms with van der Waals surface area (Å²) >= 11 is 0. The van der Waals surface area contributed by atoms with Gasteiger partial charge >= 0.3 is 5.97 Å². The topological polar surface area (TPSA) is 52.3 Å². The van der Waals surface area contributed by atoms with Crippen LogP contribution >= 0.6 is 12.4 Å². The summed E-state index contributed by atoms with van der Waals surface area (Å²) in [6, 6.07) is 0. The molecule has 1 atom stereocenters. The zero-order valence-corrected chi connectivity index (χ0v) is 12.4. The molecule has 3 rings (SSSR count). The second-order valence-corrected chi connectivity index (χ2v) is 6.13. The van der Waals surface area contributed by atoms with Gasteiger partial charge in [-0.25, -0.2) is 0 Å². The highest BCUT2D eigenvalue weighted by Crippen LogP contribution is 2.55. The normalized spacial score (nSPS) is 35.7. The lowest BCUT2D eigenvalue weighted by Gasteiger charge is -2.54. The summed E-state index contributed by atoms with van der Waals surface area (Å²) < 4.78 is 5.06. The quantitative estimate of drug-likeness (QED) is 0.803. The Bertz CT molecular complexity index is 282. The van der Waals surface area contributed by atoms with Crippen molar-refractivity contribution in [3.8, 4) is 0 Å². The third kappa shape index (κ3) is 3.00. The van der Waals surface area contributed by atoms with Crippen LogP contribution in [0.4, 0.5) is 0 Å². The van der Waals surface area contributed by atoms with Gasteiger partial charge in [0.25, 0.3) is 0 Å². The van der Waals surface area contributed by atoms with Crippen molar-refractivity contribution in [2.75, 3.05) is 6.61 Å².